The maximum atomic E-state index is 4.69. The second-order valence-electron chi connectivity index (χ2n) is 6.40. The number of rotatable bonds is 3. The summed E-state index contributed by atoms with van der Waals surface area (Å²) in [5, 5.41) is 3.70. The number of imidazole rings is 1. The number of nitrogens with one attached hydrogen (secondary N) is 1. The molecule has 1 N–H and O–H groups in total. The predicted molar refractivity (Wildman–Crippen MR) is 78.4 cm³/mol. The molecule has 2 aliphatic carbocycles. The van der Waals surface area contributed by atoms with Gasteiger partial charge in [-0.3, -0.25) is 0 Å². The molecule has 3 nitrogen and oxygen atoms in total. The van der Waals surface area contributed by atoms with E-state index in [0.29, 0.717) is 12.1 Å². The van der Waals surface area contributed by atoms with Gasteiger partial charge in [-0.1, -0.05) is 13.8 Å². The van der Waals surface area contributed by atoms with Crippen molar-refractivity contribution in [2.75, 3.05) is 6.54 Å². The minimum absolute atomic E-state index is 0.623. The Morgan fingerprint density at radius 3 is 3.00 bits per heavy atom. The predicted octanol–water partition coefficient (Wildman–Crippen LogP) is 3.10. The van der Waals surface area contributed by atoms with E-state index in [2.05, 4.69) is 35.0 Å². The average Bonchev–Trinajstić information content (AvgIpc) is 2.85. The van der Waals surface area contributed by atoms with Gasteiger partial charge in [-0.2, -0.15) is 0 Å². The van der Waals surface area contributed by atoms with Crippen LogP contribution < -0.4 is 5.32 Å². The first-order valence-electron chi connectivity index (χ1n) is 8.07. The number of hydrogen-bond donors (Lipinski definition) is 1. The Labute approximate surface area is 116 Å². The Kier molecular flexibility index (Phi) is 3.92. The third-order valence-corrected chi connectivity index (χ3v) is 4.96. The standard InChI is InChI=1S/C16H27N3/c1-3-17-14-9-8-12(2)10-16(14)19-11-18-13-6-4-5-7-15(13)19/h11-12,14,16-17H,3-10H2,1-2H3. The van der Waals surface area contributed by atoms with E-state index >= 15 is 0 Å². The summed E-state index contributed by atoms with van der Waals surface area (Å²) < 4.78 is 2.53. The van der Waals surface area contributed by atoms with Crippen molar-refractivity contribution in [1.82, 2.24) is 14.9 Å². The van der Waals surface area contributed by atoms with Gasteiger partial charge in [0.2, 0.25) is 0 Å². The molecule has 3 unspecified atom stereocenters. The van der Waals surface area contributed by atoms with Gasteiger partial charge in [-0.05, 0) is 57.4 Å². The van der Waals surface area contributed by atoms with E-state index in [1.165, 1.54) is 56.3 Å². The molecule has 0 radical (unpaired) electrons. The van der Waals surface area contributed by atoms with Gasteiger partial charge in [0.1, 0.15) is 0 Å². The molecule has 1 aromatic heterocycles. The van der Waals surface area contributed by atoms with Crippen LogP contribution in [0.15, 0.2) is 6.33 Å². The van der Waals surface area contributed by atoms with Gasteiger partial charge >= 0.3 is 0 Å². The van der Waals surface area contributed by atoms with E-state index in [0.717, 1.165) is 12.5 Å². The molecule has 3 rings (SSSR count). The van der Waals surface area contributed by atoms with Crippen molar-refractivity contribution in [2.24, 2.45) is 5.92 Å². The van der Waals surface area contributed by atoms with Crippen LogP contribution in [0, 0.1) is 5.92 Å². The third kappa shape index (κ3) is 2.58. The van der Waals surface area contributed by atoms with Crippen molar-refractivity contribution in [3.63, 3.8) is 0 Å². The summed E-state index contributed by atoms with van der Waals surface area (Å²) in [4.78, 5) is 4.69. The molecule has 2 aliphatic rings. The lowest BCUT2D eigenvalue weighted by molar-refractivity contribution is 0.214. The van der Waals surface area contributed by atoms with Crippen molar-refractivity contribution >= 4 is 0 Å². The summed E-state index contributed by atoms with van der Waals surface area (Å²) in [6, 6.07) is 1.26. The van der Waals surface area contributed by atoms with Gasteiger partial charge < -0.3 is 9.88 Å². The molecule has 1 saturated carbocycles. The summed E-state index contributed by atoms with van der Waals surface area (Å²) >= 11 is 0. The van der Waals surface area contributed by atoms with E-state index in [1.807, 2.05) is 0 Å². The van der Waals surface area contributed by atoms with Crippen LogP contribution in [0.3, 0.4) is 0 Å². The first-order chi connectivity index (χ1) is 9.29. The van der Waals surface area contributed by atoms with E-state index in [9.17, 15) is 0 Å². The number of nitrogens with zero attached hydrogens (tertiary/aromatic N) is 2. The molecule has 0 saturated heterocycles. The highest BCUT2D eigenvalue weighted by Crippen LogP contribution is 2.35. The molecule has 0 bridgehead atoms. The molecule has 1 heterocycles. The summed E-state index contributed by atoms with van der Waals surface area (Å²) in [7, 11) is 0. The van der Waals surface area contributed by atoms with Gasteiger partial charge in [-0.15, -0.1) is 0 Å². The van der Waals surface area contributed by atoms with Gasteiger partial charge in [0.05, 0.1) is 18.1 Å². The second kappa shape index (κ2) is 5.66. The molecule has 1 fully saturated rings. The number of aryl methyl sites for hydroxylation is 1. The summed E-state index contributed by atoms with van der Waals surface area (Å²) in [6.45, 7) is 5.70. The van der Waals surface area contributed by atoms with Crippen molar-refractivity contribution in [2.45, 2.75) is 70.9 Å². The minimum Gasteiger partial charge on any atom is -0.330 e. The molecule has 0 aromatic carbocycles. The molecule has 3 heteroatoms. The summed E-state index contributed by atoms with van der Waals surface area (Å²) in [6.07, 6.45) is 11.2. The lowest BCUT2D eigenvalue weighted by Gasteiger charge is -2.37. The lowest BCUT2D eigenvalue weighted by atomic mass is 9.82. The van der Waals surface area contributed by atoms with Crippen molar-refractivity contribution < 1.29 is 0 Å². The van der Waals surface area contributed by atoms with Gasteiger partial charge in [0.25, 0.3) is 0 Å². The Balaban J connectivity index is 1.87. The molecule has 106 valence electrons. The lowest BCUT2D eigenvalue weighted by Crippen LogP contribution is -2.41. The normalized spacial score (nSPS) is 31.2. The molecule has 0 aliphatic heterocycles. The fourth-order valence-corrected chi connectivity index (χ4v) is 3.94. The van der Waals surface area contributed by atoms with E-state index in [4.69, 9.17) is 0 Å². The molecule has 0 spiro atoms. The minimum atomic E-state index is 0.623. The van der Waals surface area contributed by atoms with Crippen LogP contribution in [-0.2, 0) is 12.8 Å². The van der Waals surface area contributed by atoms with Crippen LogP contribution in [0.4, 0.5) is 0 Å². The largest absolute Gasteiger partial charge is 0.330 e. The number of hydrogen-bond acceptors (Lipinski definition) is 2. The van der Waals surface area contributed by atoms with Gasteiger partial charge in [-0.25, -0.2) is 4.98 Å². The first-order valence-corrected chi connectivity index (χ1v) is 8.07. The number of likely N-dealkylation sites (N-methyl/N-ethyl adjacent to an activating group) is 1. The van der Waals surface area contributed by atoms with Gasteiger partial charge in [0, 0.05) is 11.7 Å². The molecular formula is C16H27N3. The van der Waals surface area contributed by atoms with Crippen LogP contribution in [0.25, 0.3) is 0 Å². The monoisotopic (exact) mass is 261 g/mol. The van der Waals surface area contributed by atoms with Crippen LogP contribution in [0.1, 0.15) is 63.4 Å². The fourth-order valence-electron chi connectivity index (χ4n) is 3.94. The maximum absolute atomic E-state index is 4.69. The topological polar surface area (TPSA) is 29.9 Å². The van der Waals surface area contributed by atoms with E-state index in [1.54, 1.807) is 0 Å². The smallest absolute Gasteiger partial charge is 0.0954 e. The highest BCUT2D eigenvalue weighted by atomic mass is 15.1. The van der Waals surface area contributed by atoms with Crippen LogP contribution in [0.5, 0.6) is 0 Å². The SMILES string of the molecule is CCNC1CCC(C)CC1n1cnc2c1CCCC2. The number of aromatic nitrogens is 2. The average molecular weight is 261 g/mol. The Morgan fingerprint density at radius 2 is 2.16 bits per heavy atom. The van der Waals surface area contributed by atoms with Crippen molar-refractivity contribution in [3.8, 4) is 0 Å². The maximum Gasteiger partial charge on any atom is 0.0954 e. The zero-order chi connectivity index (χ0) is 13.2. The quantitative estimate of drug-likeness (QED) is 0.906. The van der Waals surface area contributed by atoms with Crippen LogP contribution in [0.2, 0.25) is 0 Å². The molecule has 0 amide bonds. The third-order valence-electron chi connectivity index (χ3n) is 4.96. The van der Waals surface area contributed by atoms with Crippen LogP contribution >= 0.6 is 0 Å². The zero-order valence-corrected chi connectivity index (χ0v) is 12.4. The Morgan fingerprint density at radius 1 is 1.32 bits per heavy atom. The first kappa shape index (κ1) is 13.2. The molecule has 19 heavy (non-hydrogen) atoms. The fraction of sp³-hybridized carbons (Fsp3) is 0.812. The molecular weight excluding hydrogens is 234 g/mol. The van der Waals surface area contributed by atoms with E-state index in [-0.39, 0.29) is 0 Å². The van der Waals surface area contributed by atoms with Crippen LogP contribution in [-0.4, -0.2) is 22.1 Å². The second-order valence-corrected chi connectivity index (χ2v) is 6.40. The summed E-state index contributed by atoms with van der Waals surface area (Å²) in [5.74, 6) is 0.849. The highest BCUT2D eigenvalue weighted by molar-refractivity contribution is 5.18. The molecule has 1 aromatic rings. The zero-order valence-electron chi connectivity index (χ0n) is 12.4. The molecule has 3 atom stereocenters. The van der Waals surface area contributed by atoms with Gasteiger partial charge in [0.15, 0.2) is 0 Å². The Hall–Kier alpha value is -0.830. The Bertz CT molecular complexity index is 424. The van der Waals surface area contributed by atoms with E-state index < -0.39 is 0 Å². The highest BCUT2D eigenvalue weighted by Gasteiger charge is 2.31. The van der Waals surface area contributed by atoms with Crippen molar-refractivity contribution in [1.29, 1.82) is 0 Å². The number of fused-ring (bicyclic) bond motifs is 1. The summed E-state index contributed by atoms with van der Waals surface area (Å²) in [5.41, 5.74) is 2.91. The van der Waals surface area contributed by atoms with Crippen molar-refractivity contribution in [3.05, 3.63) is 17.7 Å².